The van der Waals surface area contributed by atoms with Gasteiger partial charge in [-0.25, -0.2) is 4.99 Å². The Labute approximate surface area is 172 Å². The lowest BCUT2D eigenvalue weighted by Gasteiger charge is -2.36. The highest BCUT2D eigenvalue weighted by molar-refractivity contribution is 14.0. The molecule has 2 aliphatic heterocycles. The number of aliphatic imine (C=N–C) groups is 1. The maximum absolute atomic E-state index is 12.4. The molecule has 0 radical (unpaired) electrons. The molecule has 1 unspecified atom stereocenters. The molecule has 3 aliphatic rings. The van der Waals surface area contributed by atoms with E-state index in [-0.39, 0.29) is 42.3 Å². The van der Waals surface area contributed by atoms with E-state index >= 15 is 0 Å². The van der Waals surface area contributed by atoms with Crippen molar-refractivity contribution in [1.29, 1.82) is 0 Å². The van der Waals surface area contributed by atoms with Crippen LogP contribution < -0.4 is 5.32 Å². The van der Waals surface area contributed by atoms with Gasteiger partial charge in [-0.15, -0.1) is 24.0 Å². The van der Waals surface area contributed by atoms with Crippen LogP contribution in [0.4, 0.5) is 0 Å². The molecule has 8 nitrogen and oxygen atoms in total. The number of amides is 2. The zero-order valence-electron chi connectivity index (χ0n) is 15.6. The number of halogens is 1. The summed E-state index contributed by atoms with van der Waals surface area (Å²) in [7, 11) is 3.44. The van der Waals surface area contributed by atoms with Crippen molar-refractivity contribution < 1.29 is 14.3 Å². The van der Waals surface area contributed by atoms with E-state index in [1.165, 1.54) is 4.90 Å². The Hall–Kier alpha value is -1.10. The van der Waals surface area contributed by atoms with E-state index in [9.17, 15) is 9.59 Å². The Morgan fingerprint density at radius 1 is 1.31 bits per heavy atom. The summed E-state index contributed by atoms with van der Waals surface area (Å²) in [5.41, 5.74) is 0. The first-order chi connectivity index (χ1) is 12.0. The quantitative estimate of drug-likeness (QED) is 0.341. The van der Waals surface area contributed by atoms with Crippen LogP contribution in [0.15, 0.2) is 4.99 Å². The zero-order valence-corrected chi connectivity index (χ0v) is 18.0. The Morgan fingerprint density at radius 3 is 2.65 bits per heavy atom. The van der Waals surface area contributed by atoms with E-state index in [0.29, 0.717) is 24.5 Å². The molecule has 0 aromatic heterocycles. The van der Waals surface area contributed by atoms with Crippen LogP contribution in [0, 0.1) is 5.92 Å². The number of ether oxygens (including phenoxy) is 1. The number of hydrogen-bond donors (Lipinski definition) is 1. The van der Waals surface area contributed by atoms with Crippen LogP contribution in [-0.2, 0) is 14.3 Å². The first kappa shape index (κ1) is 21.2. The monoisotopic (exact) mass is 479 g/mol. The molecule has 2 heterocycles. The van der Waals surface area contributed by atoms with Gasteiger partial charge in [-0.2, -0.15) is 0 Å². The average Bonchev–Trinajstić information content (AvgIpc) is 3.29. The summed E-state index contributed by atoms with van der Waals surface area (Å²) in [6.07, 6.45) is 3.29. The summed E-state index contributed by atoms with van der Waals surface area (Å²) in [4.78, 5) is 34.3. The highest BCUT2D eigenvalue weighted by Gasteiger charge is 2.36. The molecule has 2 saturated heterocycles. The van der Waals surface area contributed by atoms with Gasteiger partial charge in [-0.05, 0) is 19.3 Å². The van der Waals surface area contributed by atoms with Crippen LogP contribution in [-0.4, -0.2) is 98.5 Å². The summed E-state index contributed by atoms with van der Waals surface area (Å²) in [5, 5.41) is 3.36. The molecule has 1 saturated carbocycles. The average molecular weight is 479 g/mol. The van der Waals surface area contributed by atoms with Crippen molar-refractivity contribution in [1.82, 2.24) is 20.0 Å². The summed E-state index contributed by atoms with van der Waals surface area (Å²) in [6.45, 7) is 4.23. The van der Waals surface area contributed by atoms with Crippen molar-refractivity contribution in [3.8, 4) is 0 Å². The molecule has 1 aliphatic carbocycles. The number of hydrogen-bond acceptors (Lipinski definition) is 4. The fourth-order valence-corrected chi connectivity index (χ4v) is 3.17. The van der Waals surface area contributed by atoms with E-state index in [1.807, 2.05) is 9.80 Å². The predicted octanol–water partition coefficient (Wildman–Crippen LogP) is -0.0187. The third-order valence-electron chi connectivity index (χ3n) is 4.98. The van der Waals surface area contributed by atoms with Crippen molar-refractivity contribution in [3.05, 3.63) is 0 Å². The van der Waals surface area contributed by atoms with E-state index in [4.69, 9.17) is 4.74 Å². The van der Waals surface area contributed by atoms with Crippen LogP contribution >= 0.6 is 24.0 Å². The summed E-state index contributed by atoms with van der Waals surface area (Å²) in [5.74, 6) is 1.22. The molecule has 1 atom stereocenters. The highest BCUT2D eigenvalue weighted by atomic mass is 127. The van der Waals surface area contributed by atoms with Gasteiger partial charge in [0.15, 0.2) is 5.96 Å². The van der Waals surface area contributed by atoms with Crippen LogP contribution in [0.5, 0.6) is 0 Å². The predicted molar refractivity (Wildman–Crippen MR) is 110 cm³/mol. The number of rotatable bonds is 5. The van der Waals surface area contributed by atoms with Gasteiger partial charge >= 0.3 is 0 Å². The normalized spacial score (nSPS) is 23.7. The molecule has 26 heavy (non-hydrogen) atoms. The molecule has 0 aromatic rings. The SMILES string of the molecule is CN(C)C(=O)CN=C(NCC1CCOC1)N1CCN(C2CC2)C(=O)C1.I. The molecule has 0 aromatic carbocycles. The minimum atomic E-state index is -0.0496. The van der Waals surface area contributed by atoms with Gasteiger partial charge in [-0.1, -0.05) is 0 Å². The van der Waals surface area contributed by atoms with E-state index in [0.717, 1.165) is 52.1 Å². The van der Waals surface area contributed by atoms with Crippen LogP contribution in [0.3, 0.4) is 0 Å². The first-order valence-corrected chi connectivity index (χ1v) is 9.15. The van der Waals surface area contributed by atoms with Gasteiger partial charge in [0.1, 0.15) is 6.54 Å². The van der Waals surface area contributed by atoms with Gasteiger partial charge in [0.25, 0.3) is 0 Å². The van der Waals surface area contributed by atoms with E-state index in [1.54, 1.807) is 14.1 Å². The number of nitrogens with zero attached hydrogens (tertiary/aromatic N) is 4. The molecule has 3 fully saturated rings. The van der Waals surface area contributed by atoms with Crippen molar-refractivity contribution in [2.45, 2.75) is 25.3 Å². The minimum Gasteiger partial charge on any atom is -0.381 e. The lowest BCUT2D eigenvalue weighted by molar-refractivity contribution is -0.135. The van der Waals surface area contributed by atoms with Crippen LogP contribution in [0.2, 0.25) is 0 Å². The Bertz CT molecular complexity index is 532. The van der Waals surface area contributed by atoms with E-state index < -0.39 is 0 Å². The minimum absolute atomic E-state index is 0. The molecule has 9 heteroatoms. The maximum Gasteiger partial charge on any atom is 0.243 e. The fraction of sp³-hybridized carbons (Fsp3) is 0.824. The topological polar surface area (TPSA) is 77.5 Å². The second kappa shape index (κ2) is 9.72. The summed E-state index contributed by atoms with van der Waals surface area (Å²) in [6, 6.07) is 0.453. The van der Waals surface area contributed by atoms with Gasteiger partial charge in [0.2, 0.25) is 11.8 Å². The molecular weight excluding hydrogens is 449 g/mol. The number of piperazine rings is 1. The summed E-state index contributed by atoms with van der Waals surface area (Å²) < 4.78 is 5.41. The van der Waals surface area contributed by atoms with E-state index in [2.05, 4.69) is 10.3 Å². The first-order valence-electron chi connectivity index (χ1n) is 9.15. The van der Waals surface area contributed by atoms with Crippen molar-refractivity contribution in [2.75, 3.05) is 60.0 Å². The molecule has 2 amide bonds. The molecule has 0 spiro atoms. The third kappa shape index (κ3) is 5.70. The van der Waals surface area contributed by atoms with Gasteiger partial charge < -0.3 is 24.8 Å². The molecular formula is C17H30IN5O3. The van der Waals surface area contributed by atoms with Crippen LogP contribution in [0.1, 0.15) is 19.3 Å². The lowest BCUT2D eigenvalue weighted by atomic mass is 10.1. The van der Waals surface area contributed by atoms with Gasteiger partial charge in [0.05, 0.1) is 13.2 Å². The Morgan fingerprint density at radius 2 is 2.08 bits per heavy atom. The smallest absolute Gasteiger partial charge is 0.243 e. The molecule has 0 bridgehead atoms. The second-order valence-electron chi connectivity index (χ2n) is 7.28. The zero-order chi connectivity index (χ0) is 17.8. The maximum atomic E-state index is 12.4. The lowest BCUT2D eigenvalue weighted by Crippen LogP contribution is -2.56. The molecule has 148 valence electrons. The number of carbonyl (C=O) groups excluding carboxylic acids is 2. The number of nitrogens with one attached hydrogen (secondary N) is 1. The third-order valence-corrected chi connectivity index (χ3v) is 4.98. The van der Waals surface area contributed by atoms with Crippen LogP contribution in [0.25, 0.3) is 0 Å². The number of carbonyl (C=O) groups is 2. The van der Waals surface area contributed by atoms with Crippen molar-refractivity contribution >= 4 is 41.8 Å². The standard InChI is InChI=1S/C17H29N5O3.HI/c1-20(2)15(23)10-19-17(18-9-13-5-8-25-12-13)21-6-7-22(14-3-4-14)16(24)11-21;/h13-14H,3-12H2,1-2H3,(H,18,19);1H. The van der Waals surface area contributed by atoms with Crippen molar-refractivity contribution in [3.63, 3.8) is 0 Å². The molecule has 1 N–H and O–H groups in total. The Kier molecular flexibility index (Phi) is 7.93. The van der Waals surface area contributed by atoms with Crippen molar-refractivity contribution in [2.24, 2.45) is 10.9 Å². The fourth-order valence-electron chi connectivity index (χ4n) is 3.17. The highest BCUT2D eigenvalue weighted by Crippen LogP contribution is 2.28. The summed E-state index contributed by atoms with van der Waals surface area (Å²) >= 11 is 0. The van der Waals surface area contributed by atoms with Gasteiger partial charge in [0, 0.05) is 52.3 Å². The number of likely N-dealkylation sites (N-methyl/N-ethyl adjacent to an activating group) is 1. The Balaban J connectivity index is 0.00000243. The largest absolute Gasteiger partial charge is 0.381 e. The van der Waals surface area contributed by atoms with Gasteiger partial charge in [-0.3, -0.25) is 9.59 Å². The second-order valence-corrected chi connectivity index (χ2v) is 7.28. The molecule has 3 rings (SSSR count). The number of guanidine groups is 1.